The highest BCUT2D eigenvalue weighted by Crippen LogP contribution is 2.16. The van der Waals surface area contributed by atoms with E-state index in [2.05, 4.69) is 47.6 Å². The molecule has 0 rings (SSSR count). The molecule has 0 saturated heterocycles. The fourth-order valence-corrected chi connectivity index (χ4v) is 1.99. The zero-order valence-electron chi connectivity index (χ0n) is 13.9. The average molecular weight is 266 g/mol. The van der Waals surface area contributed by atoms with Crippen molar-refractivity contribution in [1.29, 1.82) is 0 Å². The third-order valence-corrected chi connectivity index (χ3v) is 3.36. The Morgan fingerprint density at radius 3 is 2.11 bits per heavy atom. The molecule has 19 heavy (non-hydrogen) atoms. The van der Waals surface area contributed by atoms with Crippen LogP contribution in [-0.2, 0) is 0 Å². The van der Waals surface area contributed by atoms with E-state index in [0.717, 1.165) is 18.0 Å². The molecule has 0 aliphatic carbocycles. The van der Waals surface area contributed by atoms with Crippen LogP contribution in [0.4, 0.5) is 0 Å². The molecular formula is C17H34N2. The lowest BCUT2D eigenvalue weighted by Crippen LogP contribution is -2.14. The van der Waals surface area contributed by atoms with Crippen molar-refractivity contribution in [2.24, 2.45) is 22.6 Å². The third-order valence-electron chi connectivity index (χ3n) is 3.36. The van der Waals surface area contributed by atoms with Crippen molar-refractivity contribution >= 4 is 5.71 Å². The lowest BCUT2D eigenvalue weighted by atomic mass is 9.99. The lowest BCUT2D eigenvalue weighted by molar-refractivity contribution is 0.476. The molecule has 0 radical (unpaired) electrons. The molecule has 0 aliphatic rings. The van der Waals surface area contributed by atoms with E-state index in [1.165, 1.54) is 31.4 Å². The van der Waals surface area contributed by atoms with Crippen LogP contribution in [-0.4, -0.2) is 11.8 Å². The molecule has 112 valence electrons. The second-order valence-corrected chi connectivity index (χ2v) is 6.20. The Morgan fingerprint density at radius 2 is 1.68 bits per heavy atom. The topological polar surface area (TPSA) is 38.4 Å². The van der Waals surface area contributed by atoms with E-state index in [0.29, 0.717) is 12.0 Å². The molecule has 2 heteroatoms. The summed E-state index contributed by atoms with van der Waals surface area (Å²) in [5.74, 6) is 1.21. The van der Waals surface area contributed by atoms with Crippen LogP contribution >= 0.6 is 0 Å². The van der Waals surface area contributed by atoms with Gasteiger partial charge in [-0.2, -0.15) is 0 Å². The smallest absolute Gasteiger partial charge is 0.0503 e. The summed E-state index contributed by atoms with van der Waals surface area (Å²) in [5.41, 5.74) is 8.07. The van der Waals surface area contributed by atoms with Gasteiger partial charge in [-0.05, 0) is 43.6 Å². The van der Waals surface area contributed by atoms with Gasteiger partial charge in [-0.1, -0.05) is 48.0 Å². The van der Waals surface area contributed by atoms with E-state index < -0.39 is 0 Å². The van der Waals surface area contributed by atoms with Gasteiger partial charge in [0.1, 0.15) is 0 Å². The van der Waals surface area contributed by atoms with Gasteiger partial charge in [0.05, 0.1) is 6.04 Å². The number of rotatable bonds is 9. The van der Waals surface area contributed by atoms with Crippen molar-refractivity contribution in [2.75, 3.05) is 0 Å². The van der Waals surface area contributed by atoms with Crippen LogP contribution in [0.3, 0.4) is 0 Å². The summed E-state index contributed by atoms with van der Waals surface area (Å²) in [4.78, 5) is 4.99. The van der Waals surface area contributed by atoms with Crippen LogP contribution < -0.4 is 5.73 Å². The first kappa shape index (κ1) is 18.2. The number of hydrogen-bond acceptors (Lipinski definition) is 2. The maximum Gasteiger partial charge on any atom is 0.0503 e. The molecule has 2 nitrogen and oxygen atoms in total. The Labute approximate surface area is 120 Å². The minimum absolute atomic E-state index is 0.448. The monoisotopic (exact) mass is 266 g/mol. The Balaban J connectivity index is 4.89. The summed E-state index contributed by atoms with van der Waals surface area (Å²) < 4.78 is 0. The van der Waals surface area contributed by atoms with E-state index in [9.17, 15) is 0 Å². The van der Waals surface area contributed by atoms with Crippen molar-refractivity contribution in [1.82, 2.24) is 0 Å². The van der Waals surface area contributed by atoms with Gasteiger partial charge in [0, 0.05) is 11.4 Å². The summed E-state index contributed by atoms with van der Waals surface area (Å²) in [5, 5.41) is 0. The normalized spacial score (nSPS) is 15.4. The average Bonchev–Trinajstić information content (AvgIpc) is 2.34. The molecule has 0 aromatic heterocycles. The summed E-state index contributed by atoms with van der Waals surface area (Å²) in [6.45, 7) is 13.3. The highest BCUT2D eigenvalue weighted by molar-refractivity contribution is 5.97. The zero-order chi connectivity index (χ0) is 14.8. The van der Waals surface area contributed by atoms with Crippen LogP contribution in [0.5, 0.6) is 0 Å². The molecule has 0 spiro atoms. The van der Waals surface area contributed by atoms with Crippen LogP contribution in [0.1, 0.15) is 73.6 Å². The first-order chi connectivity index (χ1) is 8.90. The Kier molecular flexibility index (Phi) is 9.63. The van der Waals surface area contributed by atoms with E-state index in [1.54, 1.807) is 0 Å². The molecule has 0 heterocycles. The molecule has 1 unspecified atom stereocenters. The second-order valence-electron chi connectivity index (χ2n) is 6.20. The summed E-state index contributed by atoms with van der Waals surface area (Å²) >= 11 is 0. The van der Waals surface area contributed by atoms with Crippen molar-refractivity contribution in [2.45, 2.75) is 79.7 Å². The van der Waals surface area contributed by atoms with E-state index in [1.807, 2.05) is 0 Å². The highest BCUT2D eigenvalue weighted by Gasteiger charge is 2.10. The van der Waals surface area contributed by atoms with Crippen LogP contribution in [0.2, 0.25) is 0 Å². The second kappa shape index (κ2) is 10.1. The van der Waals surface area contributed by atoms with Gasteiger partial charge in [0.15, 0.2) is 0 Å². The fraction of sp³-hybridized carbons (Fsp3) is 0.824. The summed E-state index contributed by atoms with van der Waals surface area (Å²) in [6, 6.07) is 0.464. The van der Waals surface area contributed by atoms with E-state index in [-0.39, 0.29) is 0 Å². The highest BCUT2D eigenvalue weighted by atomic mass is 14.8. The molecule has 0 saturated carbocycles. The van der Waals surface area contributed by atoms with E-state index >= 15 is 0 Å². The van der Waals surface area contributed by atoms with Crippen LogP contribution in [0.15, 0.2) is 16.8 Å². The predicted octanol–water partition coefficient (Wildman–Crippen LogP) is 4.94. The Hall–Kier alpha value is -0.790. The number of aliphatic imine (C=N–C) groups is 1. The quantitative estimate of drug-likeness (QED) is 0.590. The lowest BCUT2D eigenvalue weighted by Gasteiger charge is -2.16. The minimum Gasteiger partial charge on any atom is -0.402 e. The van der Waals surface area contributed by atoms with E-state index in [4.69, 9.17) is 10.7 Å². The minimum atomic E-state index is 0.448. The van der Waals surface area contributed by atoms with Crippen molar-refractivity contribution in [3.8, 4) is 0 Å². The van der Waals surface area contributed by atoms with Gasteiger partial charge >= 0.3 is 0 Å². The SMILES string of the molecule is CCCC(CCC(C)C)N=C(C=C(N)CC)C(C)C. The van der Waals surface area contributed by atoms with Gasteiger partial charge in [-0.25, -0.2) is 0 Å². The van der Waals surface area contributed by atoms with Gasteiger partial charge in [-0.3, -0.25) is 4.99 Å². The largest absolute Gasteiger partial charge is 0.402 e. The molecule has 0 aromatic rings. The van der Waals surface area contributed by atoms with Crippen molar-refractivity contribution in [3.63, 3.8) is 0 Å². The fourth-order valence-electron chi connectivity index (χ4n) is 1.99. The molecule has 1 atom stereocenters. The number of nitrogens with zero attached hydrogens (tertiary/aromatic N) is 1. The Bertz CT molecular complexity index is 288. The van der Waals surface area contributed by atoms with Crippen LogP contribution in [0.25, 0.3) is 0 Å². The van der Waals surface area contributed by atoms with Crippen molar-refractivity contribution in [3.05, 3.63) is 11.8 Å². The van der Waals surface area contributed by atoms with Gasteiger partial charge in [0.2, 0.25) is 0 Å². The molecule has 0 aromatic carbocycles. The maximum absolute atomic E-state index is 5.96. The molecule has 0 fully saturated rings. The number of hydrogen-bond donors (Lipinski definition) is 1. The van der Waals surface area contributed by atoms with Gasteiger partial charge < -0.3 is 5.73 Å². The van der Waals surface area contributed by atoms with Gasteiger partial charge in [-0.15, -0.1) is 0 Å². The standard InChI is InChI=1S/C17H34N2/c1-7-9-16(11-10-13(3)4)19-17(14(5)6)12-15(18)8-2/h12-14,16H,7-11,18H2,1-6H3. The Morgan fingerprint density at radius 1 is 1.05 bits per heavy atom. The van der Waals surface area contributed by atoms with Crippen LogP contribution in [0, 0.1) is 11.8 Å². The molecule has 0 aliphatic heterocycles. The molecule has 0 amide bonds. The molecule has 2 N–H and O–H groups in total. The zero-order valence-corrected chi connectivity index (χ0v) is 13.9. The first-order valence-corrected chi connectivity index (χ1v) is 7.94. The van der Waals surface area contributed by atoms with Crippen molar-refractivity contribution < 1.29 is 0 Å². The van der Waals surface area contributed by atoms with Gasteiger partial charge in [0.25, 0.3) is 0 Å². The maximum atomic E-state index is 5.96. The number of allylic oxidation sites excluding steroid dienone is 2. The predicted molar refractivity (Wildman–Crippen MR) is 87.6 cm³/mol. The summed E-state index contributed by atoms with van der Waals surface area (Å²) in [6.07, 6.45) is 7.82. The summed E-state index contributed by atoms with van der Waals surface area (Å²) in [7, 11) is 0. The molecular weight excluding hydrogens is 232 g/mol. The third kappa shape index (κ3) is 8.85. The number of nitrogens with two attached hydrogens (primary N) is 1. The molecule has 0 bridgehead atoms. The first-order valence-electron chi connectivity index (χ1n) is 7.94.